The van der Waals surface area contributed by atoms with Gasteiger partial charge < -0.3 is 36.9 Å². The Hall–Kier alpha value is -4.78. The van der Waals surface area contributed by atoms with E-state index in [1.54, 1.807) is 10.9 Å². The molecule has 17 nitrogen and oxygen atoms in total. The molecule has 8 N–H and O–H groups in total. The van der Waals surface area contributed by atoms with Gasteiger partial charge >= 0.3 is 11.9 Å². The maximum absolute atomic E-state index is 12.4. The number of rotatable bonds is 21. The van der Waals surface area contributed by atoms with Gasteiger partial charge in [0.1, 0.15) is 22.5 Å². The maximum atomic E-state index is 12.4. The minimum Gasteiger partial charge on any atom is -0.480 e. The van der Waals surface area contributed by atoms with E-state index in [1.807, 2.05) is 6.07 Å². The molecule has 0 aliphatic carbocycles. The van der Waals surface area contributed by atoms with Crippen LogP contribution in [0.15, 0.2) is 36.7 Å². The van der Waals surface area contributed by atoms with E-state index in [-0.39, 0.29) is 24.7 Å². The van der Waals surface area contributed by atoms with Crippen LogP contribution in [0.1, 0.15) is 55.0 Å². The van der Waals surface area contributed by atoms with Gasteiger partial charge in [-0.2, -0.15) is 4.98 Å². The summed E-state index contributed by atoms with van der Waals surface area (Å²) in [7, 11) is 0. The number of nitrogens with zero attached hydrogens (tertiary/aromatic N) is 8. The van der Waals surface area contributed by atoms with Crippen molar-refractivity contribution in [1.29, 1.82) is 0 Å². The van der Waals surface area contributed by atoms with E-state index in [0.29, 0.717) is 18.8 Å². The van der Waals surface area contributed by atoms with Crippen LogP contribution in [0.3, 0.4) is 0 Å². The van der Waals surface area contributed by atoms with E-state index in [9.17, 15) is 19.5 Å². The van der Waals surface area contributed by atoms with Gasteiger partial charge in [0.25, 0.3) is 0 Å². The van der Waals surface area contributed by atoms with Crippen LogP contribution in [0, 0.1) is 6.92 Å². The SMILES string of the molecule is CCCCCNc1nc(N)nc2ccn(Cc3ccc(CN4CCN(CCn5cc(CNC(=O)C[C@@H](SC[C@H](N)C(=O)O)C(=O)O)nn5)CC4)cc3C)c12. The molecule has 2 atom stereocenters. The summed E-state index contributed by atoms with van der Waals surface area (Å²) < 4.78 is 3.94. The number of hydrogen-bond acceptors (Lipinski definition) is 13. The monoisotopic (exact) mass is 764 g/mol. The van der Waals surface area contributed by atoms with E-state index in [0.717, 1.165) is 93.7 Å². The Labute approximate surface area is 318 Å². The molecular formula is C36H52N12O5S. The number of amides is 1. The highest BCUT2D eigenvalue weighted by Gasteiger charge is 2.25. The number of nitrogen functional groups attached to an aromatic ring is 1. The lowest BCUT2D eigenvalue weighted by atomic mass is 10.0. The lowest BCUT2D eigenvalue weighted by Gasteiger charge is -2.34. The normalized spacial score (nSPS) is 14.9. The molecule has 1 aliphatic rings. The van der Waals surface area contributed by atoms with Crippen LogP contribution in [0.25, 0.3) is 11.0 Å². The molecule has 4 aromatic rings. The minimum absolute atomic E-state index is 0.106. The van der Waals surface area contributed by atoms with E-state index in [2.05, 4.69) is 83.5 Å². The van der Waals surface area contributed by atoms with Crippen molar-refractivity contribution in [1.82, 2.24) is 44.6 Å². The van der Waals surface area contributed by atoms with E-state index in [4.69, 9.17) is 16.6 Å². The predicted octanol–water partition coefficient (Wildman–Crippen LogP) is 1.99. The fraction of sp³-hybridized carbons (Fsp3) is 0.528. The third kappa shape index (κ3) is 11.6. The van der Waals surface area contributed by atoms with Gasteiger partial charge in [-0.25, -0.2) is 4.98 Å². The number of hydrogen-bond donors (Lipinski definition) is 6. The third-order valence-corrected chi connectivity index (χ3v) is 10.8. The fourth-order valence-corrected chi connectivity index (χ4v) is 7.31. The first-order valence-corrected chi connectivity index (χ1v) is 19.4. The summed E-state index contributed by atoms with van der Waals surface area (Å²) in [6, 6.07) is 7.54. The zero-order valence-corrected chi connectivity index (χ0v) is 31.8. The Bertz CT molecular complexity index is 1880. The second-order valence-corrected chi connectivity index (χ2v) is 14.9. The van der Waals surface area contributed by atoms with Crippen LogP contribution in [0.2, 0.25) is 0 Å². The highest BCUT2D eigenvalue weighted by atomic mass is 32.2. The number of anilines is 2. The molecule has 18 heteroatoms. The first-order valence-electron chi connectivity index (χ1n) is 18.4. The smallest absolute Gasteiger partial charge is 0.321 e. The van der Waals surface area contributed by atoms with Crippen molar-refractivity contribution in [3.63, 3.8) is 0 Å². The molecule has 3 aromatic heterocycles. The molecule has 0 bridgehead atoms. The molecule has 1 amide bonds. The number of piperazine rings is 1. The number of carbonyl (C=O) groups is 3. The molecular weight excluding hydrogens is 713 g/mol. The number of unbranched alkanes of at least 4 members (excludes halogenated alkanes) is 2. The average Bonchev–Trinajstić information content (AvgIpc) is 3.78. The number of aromatic nitrogens is 6. The standard InChI is InChI=1S/C36H52N12O5S/c1-3-4-5-9-39-33-32-29(41-36(38)42-33)8-10-47(32)21-26-7-6-25(17-24(26)2)20-46-13-11-45(12-14-46)15-16-48-22-27(43-44-48)19-40-31(49)18-30(35(52)53)54-23-28(37)34(50)51/h6-8,10,17,22,28,30H,3-5,9,11-16,18-21,23,37H2,1-2H3,(H,40,49)(H,50,51)(H,52,53)(H3,38,39,41,42)/t28-,30+/m0/s1. The number of aryl methyl sites for hydroxylation is 1. The van der Waals surface area contributed by atoms with Crippen molar-refractivity contribution in [2.75, 3.05) is 56.1 Å². The van der Waals surface area contributed by atoms with Gasteiger partial charge in [0.05, 0.1) is 24.8 Å². The van der Waals surface area contributed by atoms with Crippen molar-refractivity contribution >= 4 is 52.4 Å². The number of carbonyl (C=O) groups excluding carboxylic acids is 1. The lowest BCUT2D eigenvalue weighted by Crippen LogP contribution is -2.46. The minimum atomic E-state index is -1.23. The van der Waals surface area contributed by atoms with Crippen LogP contribution >= 0.6 is 11.8 Å². The molecule has 4 heterocycles. The fourth-order valence-electron chi connectivity index (χ4n) is 6.32. The average molecular weight is 765 g/mol. The summed E-state index contributed by atoms with van der Waals surface area (Å²) >= 11 is 0.831. The topological polar surface area (TPSA) is 236 Å². The van der Waals surface area contributed by atoms with Gasteiger partial charge in [-0.3, -0.25) is 28.9 Å². The zero-order chi connectivity index (χ0) is 38.6. The maximum Gasteiger partial charge on any atom is 0.321 e. The predicted molar refractivity (Wildman–Crippen MR) is 208 cm³/mol. The summed E-state index contributed by atoms with van der Waals surface area (Å²) in [4.78, 5) is 48.6. The highest BCUT2D eigenvalue weighted by molar-refractivity contribution is 8.00. The number of thioether (sulfide) groups is 1. The number of nitrogens with one attached hydrogen (secondary N) is 2. The van der Waals surface area contributed by atoms with Crippen molar-refractivity contribution in [3.8, 4) is 0 Å². The summed E-state index contributed by atoms with van der Waals surface area (Å²) in [6.07, 6.45) is 6.91. The second-order valence-electron chi connectivity index (χ2n) is 13.7. The first kappa shape index (κ1) is 40.4. The lowest BCUT2D eigenvalue weighted by molar-refractivity contribution is -0.139. The molecule has 0 unspecified atom stereocenters. The van der Waals surface area contributed by atoms with Gasteiger partial charge in [0, 0.05) is 70.7 Å². The number of fused-ring (bicyclic) bond motifs is 1. The molecule has 292 valence electrons. The Morgan fingerprint density at radius 1 is 1.00 bits per heavy atom. The molecule has 0 radical (unpaired) electrons. The van der Waals surface area contributed by atoms with E-state index >= 15 is 0 Å². The Morgan fingerprint density at radius 2 is 1.78 bits per heavy atom. The highest BCUT2D eigenvalue weighted by Crippen LogP contribution is 2.25. The number of nitrogens with two attached hydrogens (primary N) is 2. The Kier molecular flexibility index (Phi) is 14.6. The Morgan fingerprint density at radius 3 is 2.50 bits per heavy atom. The zero-order valence-electron chi connectivity index (χ0n) is 31.0. The van der Waals surface area contributed by atoms with Crippen LogP contribution < -0.4 is 22.1 Å². The third-order valence-electron chi connectivity index (χ3n) is 9.46. The van der Waals surface area contributed by atoms with Crippen LogP contribution in [-0.4, -0.2) is 124 Å². The molecule has 5 rings (SSSR count). The number of benzene rings is 1. The molecule has 54 heavy (non-hydrogen) atoms. The summed E-state index contributed by atoms with van der Waals surface area (Å²) in [5.41, 5.74) is 17.6. The molecule has 1 aromatic carbocycles. The van der Waals surface area contributed by atoms with E-state index in [1.165, 1.54) is 16.7 Å². The van der Waals surface area contributed by atoms with Gasteiger partial charge in [-0.1, -0.05) is 43.2 Å². The Balaban J connectivity index is 1.04. The number of carboxylic acid groups (broad SMARTS) is 2. The molecule has 0 spiro atoms. The van der Waals surface area contributed by atoms with Crippen molar-refractivity contribution in [3.05, 3.63) is 59.0 Å². The van der Waals surface area contributed by atoms with Crippen LogP contribution in [0.4, 0.5) is 11.8 Å². The van der Waals surface area contributed by atoms with Crippen LogP contribution in [0.5, 0.6) is 0 Å². The van der Waals surface area contributed by atoms with E-state index < -0.39 is 29.1 Å². The molecule has 0 saturated carbocycles. The van der Waals surface area contributed by atoms with Gasteiger partial charge in [-0.05, 0) is 36.1 Å². The summed E-state index contributed by atoms with van der Waals surface area (Å²) in [6.45, 7) is 12.2. The molecule has 1 saturated heterocycles. The largest absolute Gasteiger partial charge is 0.480 e. The second kappa shape index (κ2) is 19.5. The van der Waals surface area contributed by atoms with Crippen molar-refractivity contribution in [2.45, 2.75) is 77.0 Å². The summed E-state index contributed by atoms with van der Waals surface area (Å²) in [5, 5.41) is 31.7. The summed E-state index contributed by atoms with van der Waals surface area (Å²) in [5.74, 6) is -1.97. The first-order chi connectivity index (χ1) is 26.0. The van der Waals surface area contributed by atoms with Crippen molar-refractivity contribution < 1.29 is 24.6 Å². The molecule has 1 fully saturated rings. The van der Waals surface area contributed by atoms with Gasteiger partial charge in [-0.15, -0.1) is 16.9 Å². The number of aliphatic carboxylic acids is 2. The van der Waals surface area contributed by atoms with Crippen LogP contribution in [-0.2, 0) is 40.6 Å². The number of carboxylic acids is 2. The van der Waals surface area contributed by atoms with Crippen molar-refractivity contribution in [2.24, 2.45) is 5.73 Å². The quantitative estimate of drug-likeness (QED) is 0.0666. The van der Waals surface area contributed by atoms with Gasteiger partial charge in [0.2, 0.25) is 11.9 Å². The molecule has 1 aliphatic heterocycles. The van der Waals surface area contributed by atoms with Gasteiger partial charge in [0.15, 0.2) is 5.82 Å².